The van der Waals surface area contributed by atoms with Crippen molar-refractivity contribution >= 4 is 0 Å². The Kier molecular flexibility index (Phi) is 4.24. The summed E-state index contributed by atoms with van der Waals surface area (Å²) in [5, 5.41) is 12.3. The second kappa shape index (κ2) is 6.16. The molecule has 1 saturated heterocycles. The fraction of sp³-hybridized carbons (Fsp3) is 0.733. The van der Waals surface area contributed by atoms with E-state index in [1.165, 1.54) is 0 Å². The van der Waals surface area contributed by atoms with Gasteiger partial charge >= 0.3 is 0 Å². The van der Waals surface area contributed by atoms with Gasteiger partial charge in [0.25, 0.3) is 0 Å². The molecule has 0 bridgehead atoms. The third kappa shape index (κ3) is 3.04. The maximum Gasteiger partial charge on any atom is 0.244 e. The summed E-state index contributed by atoms with van der Waals surface area (Å²) in [6, 6.07) is 0.148. The molecule has 3 rings (SSSR count). The van der Waals surface area contributed by atoms with Crippen LogP contribution >= 0.6 is 0 Å². The fourth-order valence-corrected chi connectivity index (χ4v) is 2.65. The lowest BCUT2D eigenvalue weighted by atomic mass is 10.2. The molecular weight excluding hydrogens is 282 g/mol. The highest BCUT2D eigenvalue weighted by atomic mass is 16.5. The van der Waals surface area contributed by atoms with E-state index >= 15 is 0 Å². The van der Waals surface area contributed by atoms with Crippen molar-refractivity contribution in [3.8, 4) is 0 Å². The van der Waals surface area contributed by atoms with Gasteiger partial charge in [0.2, 0.25) is 17.7 Å². The summed E-state index contributed by atoms with van der Waals surface area (Å²) in [6.07, 6.45) is 2.13. The van der Waals surface area contributed by atoms with E-state index in [0.717, 1.165) is 25.2 Å². The van der Waals surface area contributed by atoms with Crippen molar-refractivity contribution in [2.45, 2.75) is 65.0 Å². The van der Waals surface area contributed by atoms with Gasteiger partial charge in [-0.25, -0.2) is 0 Å². The van der Waals surface area contributed by atoms with Crippen molar-refractivity contribution in [2.75, 3.05) is 6.54 Å². The first-order valence-corrected chi connectivity index (χ1v) is 7.94. The molecule has 2 aromatic rings. The van der Waals surface area contributed by atoms with Gasteiger partial charge < -0.3 is 8.94 Å². The van der Waals surface area contributed by atoms with Gasteiger partial charge in [-0.1, -0.05) is 32.9 Å². The first-order valence-electron chi connectivity index (χ1n) is 7.94. The summed E-state index contributed by atoms with van der Waals surface area (Å²) in [5.41, 5.74) is 0. The van der Waals surface area contributed by atoms with Gasteiger partial charge in [-0.2, -0.15) is 4.98 Å². The monoisotopic (exact) mass is 305 g/mol. The van der Waals surface area contributed by atoms with Crippen molar-refractivity contribution in [2.24, 2.45) is 0 Å². The molecular formula is C15H23N5O2. The highest BCUT2D eigenvalue weighted by molar-refractivity contribution is 5.00. The van der Waals surface area contributed by atoms with E-state index in [1.54, 1.807) is 0 Å². The molecule has 0 spiro atoms. The molecule has 1 aliphatic heterocycles. The zero-order valence-electron chi connectivity index (χ0n) is 13.6. The minimum Gasteiger partial charge on any atom is -0.424 e. The zero-order chi connectivity index (χ0) is 15.7. The normalized spacial score (nSPS) is 19.6. The molecule has 0 amide bonds. The quantitative estimate of drug-likeness (QED) is 0.839. The summed E-state index contributed by atoms with van der Waals surface area (Å²) in [7, 11) is 0. The summed E-state index contributed by atoms with van der Waals surface area (Å²) < 4.78 is 11.2. The van der Waals surface area contributed by atoms with Crippen LogP contribution < -0.4 is 0 Å². The van der Waals surface area contributed by atoms with E-state index in [1.807, 2.05) is 13.8 Å². The first kappa shape index (κ1) is 15.1. The van der Waals surface area contributed by atoms with Gasteiger partial charge in [0.05, 0.1) is 12.6 Å². The van der Waals surface area contributed by atoms with Crippen LogP contribution in [-0.2, 0) is 6.54 Å². The van der Waals surface area contributed by atoms with Crippen LogP contribution in [0, 0.1) is 0 Å². The van der Waals surface area contributed by atoms with Gasteiger partial charge in [0.15, 0.2) is 5.82 Å². The Balaban J connectivity index is 1.72. The minimum atomic E-state index is 0.148. The Morgan fingerprint density at radius 2 is 2.00 bits per heavy atom. The molecule has 0 N–H and O–H groups in total. The second-order valence-corrected chi connectivity index (χ2v) is 6.46. The van der Waals surface area contributed by atoms with Crippen LogP contribution in [0.5, 0.6) is 0 Å². The lowest BCUT2D eigenvalue weighted by Crippen LogP contribution is -2.23. The molecule has 0 aromatic carbocycles. The van der Waals surface area contributed by atoms with E-state index in [-0.39, 0.29) is 17.9 Å². The molecule has 1 atom stereocenters. The Bertz CT molecular complexity index is 619. The molecule has 22 heavy (non-hydrogen) atoms. The maximum atomic E-state index is 5.70. The first-order chi connectivity index (χ1) is 10.5. The molecule has 1 fully saturated rings. The lowest BCUT2D eigenvalue weighted by Gasteiger charge is -2.19. The molecule has 3 heterocycles. The standard InChI is InChI=1S/C15H23N5O2/c1-9(2)13-16-15(22-19-13)11-6-5-7-20(11)8-12-17-18-14(21-12)10(3)4/h9-11H,5-8H2,1-4H3/t11-/m1/s1. The van der Waals surface area contributed by atoms with Crippen molar-refractivity contribution < 1.29 is 8.94 Å². The van der Waals surface area contributed by atoms with Crippen molar-refractivity contribution in [1.82, 2.24) is 25.2 Å². The Hall–Kier alpha value is -1.76. The fourth-order valence-electron chi connectivity index (χ4n) is 2.65. The Morgan fingerprint density at radius 1 is 1.18 bits per heavy atom. The third-order valence-electron chi connectivity index (χ3n) is 3.94. The van der Waals surface area contributed by atoms with E-state index < -0.39 is 0 Å². The number of likely N-dealkylation sites (tertiary alicyclic amines) is 1. The van der Waals surface area contributed by atoms with Crippen LogP contribution in [0.1, 0.15) is 81.9 Å². The second-order valence-electron chi connectivity index (χ2n) is 6.46. The molecule has 0 radical (unpaired) electrons. The minimum absolute atomic E-state index is 0.148. The van der Waals surface area contributed by atoms with Gasteiger partial charge in [-0.05, 0) is 19.4 Å². The van der Waals surface area contributed by atoms with Crippen LogP contribution in [0.15, 0.2) is 8.94 Å². The van der Waals surface area contributed by atoms with Crippen molar-refractivity contribution in [3.63, 3.8) is 0 Å². The van der Waals surface area contributed by atoms with Crippen LogP contribution in [0.25, 0.3) is 0 Å². The number of aromatic nitrogens is 4. The summed E-state index contributed by atoms with van der Waals surface area (Å²) >= 11 is 0. The average Bonchev–Trinajstić information content (AvgIpc) is 3.18. The largest absolute Gasteiger partial charge is 0.424 e. The molecule has 2 aromatic heterocycles. The highest BCUT2D eigenvalue weighted by Gasteiger charge is 2.32. The van der Waals surface area contributed by atoms with Gasteiger partial charge in [-0.15, -0.1) is 10.2 Å². The van der Waals surface area contributed by atoms with Crippen molar-refractivity contribution in [1.29, 1.82) is 0 Å². The molecule has 0 aliphatic carbocycles. The molecule has 0 saturated carbocycles. The maximum absolute atomic E-state index is 5.70. The SMILES string of the molecule is CC(C)c1noc([C@H]2CCCN2Cc2nnc(C(C)C)o2)n1. The Morgan fingerprint density at radius 3 is 2.64 bits per heavy atom. The summed E-state index contributed by atoms with van der Waals surface area (Å²) in [5.74, 6) is 3.33. The molecule has 1 aliphatic rings. The summed E-state index contributed by atoms with van der Waals surface area (Å²) in [4.78, 5) is 6.80. The van der Waals surface area contributed by atoms with E-state index in [4.69, 9.17) is 8.94 Å². The number of hydrogen-bond donors (Lipinski definition) is 0. The highest BCUT2D eigenvalue weighted by Crippen LogP contribution is 2.32. The number of rotatable bonds is 5. The predicted octanol–water partition coefficient (Wildman–Crippen LogP) is 3.04. The van der Waals surface area contributed by atoms with E-state index in [9.17, 15) is 0 Å². The molecule has 7 nitrogen and oxygen atoms in total. The average molecular weight is 305 g/mol. The molecule has 7 heteroatoms. The molecule has 120 valence electrons. The van der Waals surface area contributed by atoms with E-state index in [2.05, 4.69) is 39.1 Å². The van der Waals surface area contributed by atoms with Gasteiger partial charge in [0, 0.05) is 11.8 Å². The topological polar surface area (TPSA) is 81.1 Å². The molecule has 0 unspecified atom stereocenters. The predicted molar refractivity (Wildman–Crippen MR) is 79.2 cm³/mol. The van der Waals surface area contributed by atoms with Crippen LogP contribution in [0.3, 0.4) is 0 Å². The van der Waals surface area contributed by atoms with Crippen LogP contribution in [0.2, 0.25) is 0 Å². The number of nitrogens with zero attached hydrogens (tertiary/aromatic N) is 5. The summed E-state index contributed by atoms with van der Waals surface area (Å²) in [6.45, 7) is 9.82. The van der Waals surface area contributed by atoms with Gasteiger partial charge in [0.1, 0.15) is 0 Å². The van der Waals surface area contributed by atoms with E-state index in [0.29, 0.717) is 24.2 Å². The Labute approximate surface area is 130 Å². The third-order valence-corrected chi connectivity index (χ3v) is 3.94. The van der Waals surface area contributed by atoms with Crippen LogP contribution in [0.4, 0.5) is 0 Å². The van der Waals surface area contributed by atoms with Crippen LogP contribution in [-0.4, -0.2) is 31.8 Å². The zero-order valence-corrected chi connectivity index (χ0v) is 13.6. The van der Waals surface area contributed by atoms with Gasteiger partial charge in [-0.3, -0.25) is 4.90 Å². The number of hydrogen-bond acceptors (Lipinski definition) is 7. The smallest absolute Gasteiger partial charge is 0.244 e. The lowest BCUT2D eigenvalue weighted by molar-refractivity contribution is 0.184. The van der Waals surface area contributed by atoms with Crippen molar-refractivity contribution in [3.05, 3.63) is 23.5 Å².